The molecule has 0 saturated heterocycles. The molecule has 0 saturated carbocycles. The van der Waals surface area contributed by atoms with Crippen molar-refractivity contribution in [2.45, 2.75) is 26.8 Å². The molecule has 11 nitrogen and oxygen atoms in total. The average Bonchev–Trinajstić information content (AvgIpc) is 3.38. The summed E-state index contributed by atoms with van der Waals surface area (Å²) >= 11 is 0. The molecule has 1 aliphatic heterocycles. The summed E-state index contributed by atoms with van der Waals surface area (Å²) in [7, 11) is 1.52. The summed E-state index contributed by atoms with van der Waals surface area (Å²) in [5, 5.41) is 16.7. The van der Waals surface area contributed by atoms with Crippen molar-refractivity contribution in [2.24, 2.45) is 16.6 Å². The van der Waals surface area contributed by atoms with Crippen LogP contribution in [0.4, 0.5) is 25.8 Å². The normalized spacial score (nSPS) is 13.9. The van der Waals surface area contributed by atoms with Gasteiger partial charge in [0.15, 0.2) is 23.1 Å². The highest BCUT2D eigenvalue weighted by Gasteiger charge is 2.29. The van der Waals surface area contributed by atoms with Crippen LogP contribution in [0, 0.1) is 17.6 Å². The van der Waals surface area contributed by atoms with Crippen LogP contribution >= 0.6 is 0 Å². The number of nitrogens with zero attached hydrogens (tertiary/aromatic N) is 5. The van der Waals surface area contributed by atoms with Crippen molar-refractivity contribution in [2.75, 3.05) is 56.8 Å². The number of aliphatic hydroxyl groups excluding tert-OH is 1. The van der Waals surface area contributed by atoms with E-state index in [2.05, 4.69) is 29.2 Å². The summed E-state index contributed by atoms with van der Waals surface area (Å²) in [5.74, 6) is -0.822. The molecule has 0 unspecified atom stereocenters. The second-order valence-corrected chi connectivity index (χ2v) is 10.3. The van der Waals surface area contributed by atoms with E-state index in [1.807, 2.05) is 0 Å². The number of ether oxygens (including phenoxy) is 2. The number of amidine groups is 1. The van der Waals surface area contributed by atoms with Gasteiger partial charge in [-0.15, -0.1) is 0 Å². The number of fused-ring (bicyclic) bond motifs is 1. The molecule has 4 N–H and O–H groups in total. The number of amides is 1. The second kappa shape index (κ2) is 14.1. The van der Waals surface area contributed by atoms with Crippen LogP contribution in [0.15, 0.2) is 47.7 Å². The lowest BCUT2D eigenvalue weighted by molar-refractivity contribution is -0.118. The minimum atomic E-state index is -1.01. The Morgan fingerprint density at radius 2 is 2.07 bits per heavy atom. The smallest absolute Gasteiger partial charge is 0.239 e. The van der Waals surface area contributed by atoms with Gasteiger partial charge in [-0.1, -0.05) is 19.9 Å². The number of nitrogens with one attached hydrogen (secondary N) is 1. The predicted octanol–water partition coefficient (Wildman–Crippen LogP) is 3.34. The molecule has 0 aliphatic carbocycles. The van der Waals surface area contributed by atoms with E-state index in [1.165, 1.54) is 41.2 Å². The van der Waals surface area contributed by atoms with Gasteiger partial charge in [-0.25, -0.2) is 13.8 Å². The van der Waals surface area contributed by atoms with Gasteiger partial charge in [-0.2, -0.15) is 5.10 Å². The predicted molar refractivity (Wildman–Crippen MR) is 156 cm³/mol. The Kier molecular flexibility index (Phi) is 10.3. The number of nitrogens with two attached hydrogens (primary N) is 1. The number of hydrogen-bond acceptors (Lipinski definition) is 8. The second-order valence-electron chi connectivity index (χ2n) is 10.3. The molecule has 2 heterocycles. The quantitative estimate of drug-likeness (QED) is 0.246. The van der Waals surface area contributed by atoms with Crippen LogP contribution in [0.3, 0.4) is 0 Å². The summed E-state index contributed by atoms with van der Waals surface area (Å²) in [4.78, 5) is 19.8. The molecule has 42 heavy (non-hydrogen) atoms. The van der Waals surface area contributed by atoms with Crippen LogP contribution in [-0.2, 0) is 11.3 Å². The van der Waals surface area contributed by atoms with Crippen LogP contribution in [0.2, 0.25) is 0 Å². The van der Waals surface area contributed by atoms with E-state index in [0.29, 0.717) is 53.3 Å². The number of primary amides is 1. The van der Waals surface area contributed by atoms with Crippen LogP contribution in [0.25, 0.3) is 0 Å². The molecule has 0 spiro atoms. The Labute approximate surface area is 243 Å². The molecule has 1 aromatic heterocycles. The van der Waals surface area contributed by atoms with Crippen molar-refractivity contribution in [1.29, 1.82) is 0 Å². The zero-order valence-corrected chi connectivity index (χ0v) is 24.0. The summed E-state index contributed by atoms with van der Waals surface area (Å²) < 4.78 is 42.2. The number of carbonyl (C=O) groups excluding carboxylic acids is 1. The molecule has 2 aromatic carbocycles. The molecule has 4 rings (SSSR count). The highest BCUT2D eigenvalue weighted by atomic mass is 19.2. The maximum absolute atomic E-state index is 15.0. The SMILES string of the molecule is COc1cc2c(cc1OCCCN(CCO)CC(C)C)NCN(c1cccc(F)c1F)C2=Nc1cnn(CC(N)=O)c1. The largest absolute Gasteiger partial charge is 0.493 e. The Morgan fingerprint density at radius 3 is 2.79 bits per heavy atom. The third-order valence-corrected chi connectivity index (χ3v) is 6.54. The maximum atomic E-state index is 15.0. The van der Waals surface area contributed by atoms with Gasteiger partial charge in [0.1, 0.15) is 18.1 Å². The molecule has 1 aliphatic rings. The van der Waals surface area contributed by atoms with Crippen LogP contribution in [0.5, 0.6) is 11.5 Å². The number of aliphatic hydroxyl groups is 1. The van der Waals surface area contributed by atoms with Gasteiger partial charge < -0.3 is 35.4 Å². The van der Waals surface area contributed by atoms with Crippen molar-refractivity contribution in [1.82, 2.24) is 14.7 Å². The fourth-order valence-corrected chi connectivity index (χ4v) is 4.77. The third kappa shape index (κ3) is 7.53. The maximum Gasteiger partial charge on any atom is 0.239 e. The summed E-state index contributed by atoms with van der Waals surface area (Å²) in [6.45, 7) is 7.03. The fourth-order valence-electron chi connectivity index (χ4n) is 4.77. The lowest BCUT2D eigenvalue weighted by Crippen LogP contribution is -2.41. The Balaban J connectivity index is 1.64. The van der Waals surface area contributed by atoms with E-state index in [0.717, 1.165) is 25.6 Å². The molecule has 226 valence electrons. The molecule has 3 aromatic rings. The van der Waals surface area contributed by atoms with Crippen LogP contribution in [-0.4, -0.2) is 78.2 Å². The number of halogens is 2. The minimum Gasteiger partial charge on any atom is -0.493 e. The van der Waals surface area contributed by atoms with Crippen LogP contribution < -0.4 is 25.4 Å². The molecule has 13 heteroatoms. The Morgan fingerprint density at radius 1 is 1.26 bits per heavy atom. The fraction of sp³-hybridized carbons (Fsp3) is 0.414. The van der Waals surface area contributed by atoms with Crippen LogP contribution in [0.1, 0.15) is 25.8 Å². The standard InChI is InChI=1S/C29H37F2N7O4/c1-19(2)15-36(9-10-39)8-5-11-42-26-13-23-21(12-25(26)41-3)29(35-20-14-34-37(16-20)17-27(32)40)38(18-33-23)24-7-4-6-22(30)28(24)31/h4,6-7,12-14,16,19,33,39H,5,8-11,15,17-18H2,1-3H3,(H2,32,40). The molecule has 1 amide bonds. The Hall–Kier alpha value is -4.23. The average molecular weight is 586 g/mol. The zero-order valence-electron chi connectivity index (χ0n) is 24.0. The topological polar surface area (TPSA) is 130 Å². The lowest BCUT2D eigenvalue weighted by atomic mass is 10.1. The number of carbonyl (C=O) groups is 1. The summed E-state index contributed by atoms with van der Waals surface area (Å²) in [6, 6.07) is 7.45. The molecule has 0 fully saturated rings. The number of benzene rings is 2. The number of hydrogen-bond donors (Lipinski definition) is 3. The first-order valence-electron chi connectivity index (χ1n) is 13.7. The first-order valence-corrected chi connectivity index (χ1v) is 13.7. The van der Waals surface area contributed by atoms with Gasteiger partial charge in [0, 0.05) is 31.3 Å². The minimum absolute atomic E-state index is 0.00967. The van der Waals surface area contributed by atoms with Gasteiger partial charge in [-0.3, -0.25) is 9.48 Å². The van der Waals surface area contributed by atoms with Crippen molar-refractivity contribution in [3.05, 3.63) is 59.9 Å². The van der Waals surface area contributed by atoms with Crippen molar-refractivity contribution < 1.29 is 28.2 Å². The molecule has 0 bridgehead atoms. The molecule has 0 atom stereocenters. The van der Waals surface area contributed by atoms with Gasteiger partial charge in [-0.05, 0) is 30.5 Å². The summed E-state index contributed by atoms with van der Waals surface area (Å²) in [6.07, 6.45) is 3.73. The Bertz CT molecular complexity index is 1410. The van der Waals surface area contributed by atoms with E-state index < -0.39 is 17.5 Å². The van der Waals surface area contributed by atoms with E-state index in [-0.39, 0.29) is 25.5 Å². The van der Waals surface area contributed by atoms with Gasteiger partial charge in [0.2, 0.25) is 5.91 Å². The highest BCUT2D eigenvalue weighted by Crippen LogP contribution is 2.38. The molecular weight excluding hydrogens is 548 g/mol. The molecular formula is C29H37F2N7O4. The van der Waals surface area contributed by atoms with E-state index in [9.17, 15) is 18.7 Å². The zero-order chi connectivity index (χ0) is 30.2. The number of aromatic nitrogens is 2. The monoisotopic (exact) mass is 585 g/mol. The first-order chi connectivity index (χ1) is 20.2. The number of rotatable bonds is 14. The van der Waals surface area contributed by atoms with Crippen molar-refractivity contribution >= 4 is 28.8 Å². The highest BCUT2D eigenvalue weighted by molar-refractivity contribution is 6.16. The number of methoxy groups -OCH3 is 1. The number of anilines is 2. The van der Waals surface area contributed by atoms with E-state index in [1.54, 1.807) is 12.1 Å². The van der Waals surface area contributed by atoms with Gasteiger partial charge in [0.25, 0.3) is 0 Å². The lowest BCUT2D eigenvalue weighted by Gasteiger charge is -2.33. The van der Waals surface area contributed by atoms with Gasteiger partial charge >= 0.3 is 0 Å². The van der Waals surface area contributed by atoms with Gasteiger partial charge in [0.05, 0.1) is 50.8 Å². The van der Waals surface area contributed by atoms with Crippen molar-refractivity contribution in [3.63, 3.8) is 0 Å². The first kappa shape index (κ1) is 30.7. The molecule has 0 radical (unpaired) electrons. The summed E-state index contributed by atoms with van der Waals surface area (Å²) in [5.41, 5.74) is 6.87. The van der Waals surface area contributed by atoms with E-state index in [4.69, 9.17) is 20.2 Å². The van der Waals surface area contributed by atoms with Crippen molar-refractivity contribution in [3.8, 4) is 11.5 Å². The third-order valence-electron chi connectivity index (χ3n) is 6.54. The van der Waals surface area contributed by atoms with E-state index >= 15 is 0 Å². The number of aliphatic imine (C=N–C) groups is 1.